The van der Waals surface area contributed by atoms with E-state index < -0.39 is 0 Å². The molecule has 0 aliphatic carbocycles. The van der Waals surface area contributed by atoms with Crippen molar-refractivity contribution in [2.24, 2.45) is 0 Å². The number of likely N-dealkylation sites (tertiary alicyclic amines) is 1. The first-order chi connectivity index (χ1) is 12.0. The summed E-state index contributed by atoms with van der Waals surface area (Å²) in [6.07, 6.45) is 2.37. The summed E-state index contributed by atoms with van der Waals surface area (Å²) in [4.78, 5) is 2.53. The lowest BCUT2D eigenvalue weighted by atomic mass is 9.97. The third kappa shape index (κ3) is 4.02. The minimum Gasteiger partial charge on any atom is -0.378 e. The van der Waals surface area contributed by atoms with Crippen LogP contribution >= 0.6 is 11.6 Å². The number of anilines is 1. The molecule has 0 spiro atoms. The van der Waals surface area contributed by atoms with Gasteiger partial charge in [0.15, 0.2) is 0 Å². The normalized spacial score (nSPS) is 15.7. The monoisotopic (exact) mass is 356 g/mol. The third-order valence-electron chi connectivity index (χ3n) is 5.49. The van der Waals surface area contributed by atoms with Gasteiger partial charge >= 0.3 is 0 Å². The molecule has 1 saturated heterocycles. The maximum Gasteiger partial charge on any atom is 0.0511 e. The molecular weight excluding hydrogens is 328 g/mol. The smallest absolute Gasteiger partial charge is 0.0511 e. The van der Waals surface area contributed by atoms with Crippen LogP contribution in [0.3, 0.4) is 0 Å². The van der Waals surface area contributed by atoms with Crippen LogP contribution in [0, 0.1) is 20.8 Å². The van der Waals surface area contributed by atoms with Gasteiger partial charge in [0.1, 0.15) is 0 Å². The Morgan fingerprint density at radius 3 is 2.44 bits per heavy atom. The summed E-state index contributed by atoms with van der Waals surface area (Å²) in [5.41, 5.74) is 7.95. The van der Waals surface area contributed by atoms with Crippen molar-refractivity contribution in [3.63, 3.8) is 0 Å². The molecule has 0 unspecified atom stereocenters. The number of benzene rings is 2. The number of hydrogen-bond acceptors (Lipinski definition) is 2. The molecule has 0 amide bonds. The minimum atomic E-state index is 0.300. The second-order valence-electron chi connectivity index (χ2n) is 7.28. The van der Waals surface area contributed by atoms with Gasteiger partial charge in [-0.05, 0) is 86.7 Å². The number of rotatable bonds is 6. The van der Waals surface area contributed by atoms with E-state index in [0.29, 0.717) is 6.04 Å². The van der Waals surface area contributed by atoms with Gasteiger partial charge in [-0.2, -0.15) is 0 Å². The lowest BCUT2D eigenvalue weighted by Gasteiger charge is -2.32. The summed E-state index contributed by atoms with van der Waals surface area (Å²) in [5, 5.41) is 4.61. The Hall–Kier alpha value is -1.51. The molecule has 0 saturated carbocycles. The van der Waals surface area contributed by atoms with Gasteiger partial charge in [0.25, 0.3) is 0 Å². The van der Waals surface area contributed by atoms with Crippen LogP contribution in [0.1, 0.15) is 53.6 Å². The first-order valence-corrected chi connectivity index (χ1v) is 9.71. The van der Waals surface area contributed by atoms with Crippen molar-refractivity contribution in [3.05, 3.63) is 63.2 Å². The fraction of sp³-hybridized carbons (Fsp3) is 0.455. The Balaban J connectivity index is 1.84. The second-order valence-corrected chi connectivity index (χ2v) is 7.68. The highest BCUT2D eigenvalue weighted by molar-refractivity contribution is 6.31. The Kier molecular flexibility index (Phi) is 5.71. The van der Waals surface area contributed by atoms with E-state index >= 15 is 0 Å². The van der Waals surface area contributed by atoms with Crippen LogP contribution in [0.25, 0.3) is 0 Å². The fourth-order valence-electron chi connectivity index (χ4n) is 3.55. The molecule has 0 radical (unpaired) electrons. The third-order valence-corrected chi connectivity index (χ3v) is 5.91. The zero-order valence-electron chi connectivity index (χ0n) is 15.8. The molecule has 2 nitrogen and oxygen atoms in total. The van der Waals surface area contributed by atoms with Gasteiger partial charge in [-0.25, -0.2) is 0 Å². The first-order valence-electron chi connectivity index (χ1n) is 9.33. The SMILES string of the molecule is CC[C@@H](Nc1ccc(C)c(CN2CCC2)c1C)c1ccc(Cl)c(C)c1. The van der Waals surface area contributed by atoms with E-state index in [9.17, 15) is 0 Å². The second kappa shape index (κ2) is 7.80. The standard InChI is InChI=1S/C22H29ClN2/c1-5-21(18-8-9-20(23)16(3)13-18)24-22-10-7-15(2)19(17(22)4)14-25-11-6-12-25/h7-10,13,21,24H,5-6,11-12,14H2,1-4H3/t21-/m1/s1. The van der Waals surface area contributed by atoms with Crippen molar-refractivity contribution in [1.29, 1.82) is 0 Å². The van der Waals surface area contributed by atoms with Crippen molar-refractivity contribution in [2.45, 2.75) is 53.1 Å². The van der Waals surface area contributed by atoms with Gasteiger partial charge in [-0.1, -0.05) is 36.7 Å². The Labute approximate surface area is 157 Å². The van der Waals surface area contributed by atoms with Crippen LogP contribution in [0.2, 0.25) is 5.02 Å². The fourth-order valence-corrected chi connectivity index (χ4v) is 3.67. The van der Waals surface area contributed by atoms with Gasteiger partial charge in [-0.3, -0.25) is 4.90 Å². The highest BCUT2D eigenvalue weighted by Crippen LogP contribution is 2.30. The number of hydrogen-bond donors (Lipinski definition) is 1. The van der Waals surface area contributed by atoms with E-state index in [4.69, 9.17) is 11.6 Å². The van der Waals surface area contributed by atoms with Crippen LogP contribution in [0.4, 0.5) is 5.69 Å². The van der Waals surface area contributed by atoms with Crippen LogP contribution in [-0.2, 0) is 6.54 Å². The van der Waals surface area contributed by atoms with E-state index in [2.05, 4.69) is 62.2 Å². The van der Waals surface area contributed by atoms with Crippen LogP contribution in [0.15, 0.2) is 30.3 Å². The van der Waals surface area contributed by atoms with E-state index in [1.54, 1.807) is 0 Å². The molecule has 1 fully saturated rings. The summed E-state index contributed by atoms with van der Waals surface area (Å²) in [7, 11) is 0. The summed E-state index contributed by atoms with van der Waals surface area (Å²) in [5.74, 6) is 0. The molecule has 1 heterocycles. The van der Waals surface area contributed by atoms with Gasteiger partial charge in [0.05, 0.1) is 6.04 Å². The average molecular weight is 357 g/mol. The van der Waals surface area contributed by atoms with Crippen molar-refractivity contribution in [3.8, 4) is 0 Å². The molecule has 134 valence electrons. The molecule has 3 rings (SSSR count). The molecule has 0 aromatic heterocycles. The zero-order valence-corrected chi connectivity index (χ0v) is 16.6. The average Bonchev–Trinajstić information content (AvgIpc) is 2.55. The summed E-state index contributed by atoms with van der Waals surface area (Å²) in [6, 6.07) is 11.1. The molecule has 2 aromatic carbocycles. The molecule has 0 bridgehead atoms. The Bertz CT molecular complexity index is 750. The summed E-state index contributed by atoms with van der Waals surface area (Å²) in [6.45, 7) is 12.3. The lowest BCUT2D eigenvalue weighted by Crippen LogP contribution is -2.36. The topological polar surface area (TPSA) is 15.3 Å². The van der Waals surface area contributed by atoms with Crippen LogP contribution in [0.5, 0.6) is 0 Å². The van der Waals surface area contributed by atoms with E-state index in [0.717, 1.165) is 23.6 Å². The summed E-state index contributed by atoms with van der Waals surface area (Å²) >= 11 is 6.19. The largest absolute Gasteiger partial charge is 0.378 e. The summed E-state index contributed by atoms with van der Waals surface area (Å²) < 4.78 is 0. The predicted octanol–water partition coefficient (Wildman–Crippen LogP) is 6.03. The maximum atomic E-state index is 6.19. The van der Waals surface area contributed by atoms with E-state index in [1.807, 2.05) is 6.07 Å². The number of aryl methyl sites for hydroxylation is 2. The van der Waals surface area contributed by atoms with Crippen molar-refractivity contribution in [1.82, 2.24) is 4.90 Å². The number of nitrogens with one attached hydrogen (secondary N) is 1. The molecule has 3 heteroatoms. The molecule has 2 aromatic rings. The minimum absolute atomic E-state index is 0.300. The van der Waals surface area contributed by atoms with E-state index in [-0.39, 0.29) is 0 Å². The maximum absolute atomic E-state index is 6.19. The number of halogens is 1. The Morgan fingerprint density at radius 1 is 1.08 bits per heavy atom. The predicted molar refractivity (Wildman–Crippen MR) is 109 cm³/mol. The molecule has 1 aliphatic heterocycles. The van der Waals surface area contributed by atoms with Crippen LogP contribution in [-0.4, -0.2) is 18.0 Å². The van der Waals surface area contributed by atoms with Gasteiger partial charge in [0, 0.05) is 17.3 Å². The highest BCUT2D eigenvalue weighted by atomic mass is 35.5. The van der Waals surface area contributed by atoms with Crippen molar-refractivity contribution in [2.75, 3.05) is 18.4 Å². The van der Waals surface area contributed by atoms with Gasteiger partial charge in [0.2, 0.25) is 0 Å². The molecule has 1 atom stereocenters. The number of nitrogens with zero attached hydrogens (tertiary/aromatic N) is 1. The van der Waals surface area contributed by atoms with Crippen molar-refractivity contribution < 1.29 is 0 Å². The van der Waals surface area contributed by atoms with Crippen LogP contribution < -0.4 is 5.32 Å². The molecule has 1 N–H and O–H groups in total. The quantitative estimate of drug-likeness (QED) is 0.679. The molecule has 1 aliphatic rings. The highest BCUT2D eigenvalue weighted by Gasteiger charge is 2.18. The van der Waals surface area contributed by atoms with E-state index in [1.165, 1.54) is 47.5 Å². The first kappa shape index (κ1) is 18.3. The lowest BCUT2D eigenvalue weighted by molar-refractivity contribution is 0.172. The Morgan fingerprint density at radius 2 is 1.84 bits per heavy atom. The van der Waals surface area contributed by atoms with Crippen molar-refractivity contribution >= 4 is 17.3 Å². The molecule has 25 heavy (non-hydrogen) atoms. The van der Waals surface area contributed by atoms with Gasteiger partial charge in [-0.15, -0.1) is 0 Å². The zero-order chi connectivity index (χ0) is 18.0. The van der Waals surface area contributed by atoms with Gasteiger partial charge < -0.3 is 5.32 Å². The molecular formula is C22H29ClN2.